The molecule has 1 N–H and O–H groups in total. The molecule has 1 aliphatic heterocycles. The zero-order valence-corrected chi connectivity index (χ0v) is 8.57. The van der Waals surface area contributed by atoms with E-state index in [1.165, 1.54) is 10.8 Å². The monoisotopic (exact) mass is 189 g/mol. The lowest BCUT2D eigenvalue weighted by atomic mass is 9.95. The number of fused-ring (bicyclic) bond motifs is 1. The topological polar surface area (TPSA) is 32.6 Å². The molecule has 74 valence electrons. The minimum atomic E-state index is -0.553. The largest absolute Gasteiger partial charge is 0.371 e. The van der Waals surface area contributed by atoms with Crippen LogP contribution in [0.25, 0.3) is 5.57 Å². The number of hydrogen-bond donors (Lipinski definition) is 1. The van der Waals surface area contributed by atoms with Gasteiger partial charge < -0.3 is 5.11 Å². The fourth-order valence-corrected chi connectivity index (χ4v) is 1.92. The van der Waals surface area contributed by atoms with E-state index in [9.17, 15) is 5.11 Å². The molecule has 1 aromatic carbocycles. The van der Waals surface area contributed by atoms with E-state index in [-0.39, 0.29) is 0 Å². The summed E-state index contributed by atoms with van der Waals surface area (Å²) in [7, 11) is 0. The van der Waals surface area contributed by atoms with Gasteiger partial charge in [0.05, 0.1) is 5.36 Å². The molecule has 2 nitrogen and oxygen atoms in total. The van der Waals surface area contributed by atoms with E-state index in [0.29, 0.717) is 12.3 Å². The van der Waals surface area contributed by atoms with Crippen molar-refractivity contribution < 1.29 is 5.11 Å². The molecular weight excluding hydrogens is 174 g/mol. The summed E-state index contributed by atoms with van der Waals surface area (Å²) in [4.78, 5) is 4.21. The van der Waals surface area contributed by atoms with Crippen LogP contribution in [0.5, 0.6) is 0 Å². The molecule has 0 aliphatic carbocycles. The number of hydrogen-bond acceptors (Lipinski definition) is 2. The van der Waals surface area contributed by atoms with Crippen molar-refractivity contribution in [1.82, 2.24) is 0 Å². The van der Waals surface area contributed by atoms with Gasteiger partial charge in [-0.05, 0) is 17.2 Å². The van der Waals surface area contributed by atoms with Gasteiger partial charge in [-0.15, -0.1) is 0 Å². The smallest absolute Gasteiger partial charge is 0.149 e. The lowest BCUT2D eigenvalue weighted by Crippen LogP contribution is -2.35. The van der Waals surface area contributed by atoms with Crippen molar-refractivity contribution in [2.75, 3.05) is 0 Å². The standard InChI is InChI=1S/C12H15NO/c1-8(2)10-7-12(14)13-11-6-4-3-5-9(10)11/h3-6,8,12,14H,7H2,1-2H3. The summed E-state index contributed by atoms with van der Waals surface area (Å²) in [6.45, 7) is 4.31. The van der Waals surface area contributed by atoms with Crippen LogP contribution < -0.4 is 10.6 Å². The summed E-state index contributed by atoms with van der Waals surface area (Å²) in [5.74, 6) is 0.473. The lowest BCUT2D eigenvalue weighted by Gasteiger charge is -2.17. The van der Waals surface area contributed by atoms with Crippen molar-refractivity contribution in [3.05, 3.63) is 34.8 Å². The van der Waals surface area contributed by atoms with Crippen LogP contribution >= 0.6 is 0 Å². The molecule has 1 heterocycles. The summed E-state index contributed by atoms with van der Waals surface area (Å²) < 4.78 is 0. The third kappa shape index (κ3) is 1.58. The number of nitrogens with zero attached hydrogens (tertiary/aromatic N) is 1. The highest BCUT2D eigenvalue weighted by Gasteiger charge is 2.14. The molecule has 0 bridgehead atoms. The Hall–Kier alpha value is -1.15. The number of aliphatic hydroxyl groups excluding tert-OH is 1. The molecule has 0 amide bonds. The van der Waals surface area contributed by atoms with Crippen molar-refractivity contribution in [2.24, 2.45) is 10.9 Å². The van der Waals surface area contributed by atoms with Crippen LogP contribution in [0.15, 0.2) is 29.3 Å². The number of para-hydroxylation sites is 1. The van der Waals surface area contributed by atoms with E-state index < -0.39 is 6.23 Å². The van der Waals surface area contributed by atoms with Crippen LogP contribution in [-0.2, 0) is 0 Å². The summed E-state index contributed by atoms with van der Waals surface area (Å²) in [6, 6.07) is 8.02. The molecule has 2 heteroatoms. The summed E-state index contributed by atoms with van der Waals surface area (Å²) >= 11 is 0. The van der Waals surface area contributed by atoms with Gasteiger partial charge in [-0.25, -0.2) is 0 Å². The van der Waals surface area contributed by atoms with Gasteiger partial charge in [0.2, 0.25) is 0 Å². The average Bonchev–Trinajstić information content (AvgIpc) is 2.16. The maximum atomic E-state index is 9.59. The molecule has 0 spiro atoms. The first-order valence-electron chi connectivity index (χ1n) is 5.02. The number of aliphatic hydroxyl groups is 1. The zero-order chi connectivity index (χ0) is 10.1. The predicted octanol–water partition coefficient (Wildman–Crippen LogP) is 0.835. The van der Waals surface area contributed by atoms with Gasteiger partial charge >= 0.3 is 0 Å². The molecule has 0 saturated heterocycles. The Kier molecular flexibility index (Phi) is 2.38. The normalized spacial score (nSPS) is 20.6. The van der Waals surface area contributed by atoms with Crippen molar-refractivity contribution in [3.63, 3.8) is 0 Å². The highest BCUT2D eigenvalue weighted by molar-refractivity contribution is 5.48. The van der Waals surface area contributed by atoms with E-state index in [1.54, 1.807) is 0 Å². The molecule has 0 aromatic heterocycles. The fraction of sp³-hybridized carbons (Fsp3) is 0.417. The molecule has 0 fully saturated rings. The zero-order valence-electron chi connectivity index (χ0n) is 8.57. The second kappa shape index (κ2) is 3.54. The van der Waals surface area contributed by atoms with Crippen LogP contribution in [-0.4, -0.2) is 11.3 Å². The number of rotatable bonds is 1. The molecule has 1 aliphatic rings. The van der Waals surface area contributed by atoms with E-state index in [1.807, 2.05) is 18.2 Å². The van der Waals surface area contributed by atoms with E-state index in [0.717, 1.165) is 5.36 Å². The predicted molar refractivity (Wildman–Crippen MR) is 56.1 cm³/mol. The quantitative estimate of drug-likeness (QED) is 0.697. The molecule has 0 radical (unpaired) electrons. The Balaban J connectivity index is 2.74. The molecule has 1 aromatic rings. The Morgan fingerprint density at radius 3 is 2.79 bits per heavy atom. The van der Waals surface area contributed by atoms with Gasteiger partial charge in [-0.2, -0.15) is 0 Å². The third-order valence-electron chi connectivity index (χ3n) is 2.64. The lowest BCUT2D eigenvalue weighted by molar-refractivity contribution is 0.181. The second-order valence-electron chi connectivity index (χ2n) is 4.01. The molecular formula is C12H15NO. The first-order chi connectivity index (χ1) is 6.68. The maximum absolute atomic E-state index is 9.59. The maximum Gasteiger partial charge on any atom is 0.149 e. The van der Waals surface area contributed by atoms with Gasteiger partial charge in [0.25, 0.3) is 0 Å². The number of benzene rings is 1. The molecule has 0 saturated carbocycles. The SMILES string of the molecule is CC(C)C1=c2ccccc2=NC(O)C1. The van der Waals surface area contributed by atoms with Gasteiger partial charge in [-0.3, -0.25) is 4.99 Å². The van der Waals surface area contributed by atoms with Gasteiger partial charge in [-0.1, -0.05) is 37.6 Å². The van der Waals surface area contributed by atoms with Crippen LogP contribution in [0.2, 0.25) is 0 Å². The minimum absolute atomic E-state index is 0.473. The Morgan fingerprint density at radius 2 is 2.07 bits per heavy atom. The second-order valence-corrected chi connectivity index (χ2v) is 4.01. The Morgan fingerprint density at radius 1 is 1.36 bits per heavy atom. The van der Waals surface area contributed by atoms with Gasteiger partial charge in [0.1, 0.15) is 6.23 Å². The third-order valence-corrected chi connectivity index (χ3v) is 2.64. The molecule has 2 rings (SSSR count). The van der Waals surface area contributed by atoms with Gasteiger partial charge in [0, 0.05) is 6.42 Å². The first-order valence-corrected chi connectivity index (χ1v) is 5.02. The van der Waals surface area contributed by atoms with Crippen molar-refractivity contribution in [3.8, 4) is 0 Å². The van der Waals surface area contributed by atoms with Crippen LogP contribution in [0.3, 0.4) is 0 Å². The van der Waals surface area contributed by atoms with Crippen LogP contribution in [0.4, 0.5) is 0 Å². The van der Waals surface area contributed by atoms with E-state index >= 15 is 0 Å². The highest BCUT2D eigenvalue weighted by atomic mass is 16.3. The summed E-state index contributed by atoms with van der Waals surface area (Å²) in [5.41, 5.74) is 1.31. The summed E-state index contributed by atoms with van der Waals surface area (Å²) in [6.07, 6.45) is 0.122. The first kappa shape index (κ1) is 9.41. The van der Waals surface area contributed by atoms with E-state index in [4.69, 9.17) is 0 Å². The van der Waals surface area contributed by atoms with Gasteiger partial charge in [0.15, 0.2) is 0 Å². The summed E-state index contributed by atoms with van der Waals surface area (Å²) in [5, 5.41) is 11.7. The van der Waals surface area contributed by atoms with Crippen molar-refractivity contribution in [1.29, 1.82) is 0 Å². The Labute approximate surface area is 83.6 Å². The molecule has 1 unspecified atom stereocenters. The van der Waals surface area contributed by atoms with Crippen LogP contribution in [0.1, 0.15) is 20.3 Å². The van der Waals surface area contributed by atoms with Crippen LogP contribution in [0, 0.1) is 5.92 Å². The highest BCUT2D eigenvalue weighted by Crippen LogP contribution is 2.17. The fourth-order valence-electron chi connectivity index (χ4n) is 1.92. The molecule has 1 atom stereocenters. The van der Waals surface area contributed by atoms with Crippen molar-refractivity contribution >= 4 is 5.57 Å². The minimum Gasteiger partial charge on any atom is -0.371 e. The van der Waals surface area contributed by atoms with E-state index in [2.05, 4.69) is 24.9 Å². The molecule has 14 heavy (non-hydrogen) atoms. The average molecular weight is 189 g/mol. The Bertz CT molecular complexity index is 448. The van der Waals surface area contributed by atoms with Crippen molar-refractivity contribution in [2.45, 2.75) is 26.5 Å².